The molecule has 0 spiro atoms. The summed E-state index contributed by atoms with van der Waals surface area (Å²) in [6.07, 6.45) is -0.541. The SMILES string of the molecule is CNC(=O)c1cccc2c(Nc3ccc(NC(=O)OC)cc3NC)c3ccccc3nc12. The number of amides is 2. The number of pyridine rings is 1. The van der Waals surface area contributed by atoms with E-state index in [0.29, 0.717) is 16.8 Å². The third-order valence-corrected chi connectivity index (χ3v) is 5.16. The molecule has 8 nitrogen and oxygen atoms in total. The normalized spacial score (nSPS) is 10.6. The quantitative estimate of drug-likeness (QED) is 0.343. The van der Waals surface area contributed by atoms with E-state index in [1.54, 1.807) is 32.3 Å². The first-order valence-electron chi connectivity index (χ1n) is 10.0. The van der Waals surface area contributed by atoms with Crippen molar-refractivity contribution in [2.75, 3.05) is 37.2 Å². The molecule has 0 aliphatic rings. The second-order valence-corrected chi connectivity index (χ2v) is 7.04. The number of hydrogen-bond acceptors (Lipinski definition) is 6. The highest BCUT2D eigenvalue weighted by molar-refractivity contribution is 6.15. The summed E-state index contributed by atoms with van der Waals surface area (Å²) in [7, 11) is 4.72. The molecule has 1 aromatic heterocycles. The number of para-hydroxylation sites is 2. The minimum Gasteiger partial charge on any atom is -0.453 e. The fourth-order valence-corrected chi connectivity index (χ4v) is 3.61. The summed E-state index contributed by atoms with van der Waals surface area (Å²) in [6, 6.07) is 18.8. The molecule has 0 unspecified atom stereocenters. The molecule has 8 heteroatoms. The van der Waals surface area contributed by atoms with Gasteiger partial charge in [0.1, 0.15) is 0 Å². The molecule has 0 saturated heterocycles. The lowest BCUT2D eigenvalue weighted by molar-refractivity contribution is 0.0964. The van der Waals surface area contributed by atoms with Crippen molar-refractivity contribution in [1.82, 2.24) is 10.3 Å². The molecule has 1 heterocycles. The molecule has 0 radical (unpaired) electrons. The number of carbonyl (C=O) groups is 2. The van der Waals surface area contributed by atoms with Crippen molar-refractivity contribution in [3.05, 3.63) is 66.2 Å². The molecule has 0 aliphatic heterocycles. The van der Waals surface area contributed by atoms with Gasteiger partial charge < -0.3 is 20.7 Å². The number of benzene rings is 3. The predicted octanol–water partition coefficient (Wildman–Crippen LogP) is 4.71. The van der Waals surface area contributed by atoms with Gasteiger partial charge in [0.05, 0.1) is 40.8 Å². The van der Waals surface area contributed by atoms with Crippen LogP contribution in [0.25, 0.3) is 21.8 Å². The summed E-state index contributed by atoms with van der Waals surface area (Å²) in [5.41, 5.74) is 4.89. The van der Waals surface area contributed by atoms with Gasteiger partial charge in [0.15, 0.2) is 0 Å². The van der Waals surface area contributed by atoms with Crippen LogP contribution in [-0.4, -0.2) is 38.2 Å². The first-order chi connectivity index (χ1) is 15.5. The maximum absolute atomic E-state index is 12.5. The van der Waals surface area contributed by atoms with Crippen molar-refractivity contribution < 1.29 is 14.3 Å². The van der Waals surface area contributed by atoms with E-state index < -0.39 is 6.09 Å². The Morgan fingerprint density at radius 3 is 2.44 bits per heavy atom. The van der Waals surface area contributed by atoms with Crippen LogP contribution in [0.3, 0.4) is 0 Å². The molecule has 0 bridgehead atoms. The Balaban J connectivity index is 1.88. The number of nitrogens with zero attached hydrogens (tertiary/aromatic N) is 1. The molecule has 2 amide bonds. The topological polar surface area (TPSA) is 104 Å². The van der Waals surface area contributed by atoms with Gasteiger partial charge >= 0.3 is 6.09 Å². The number of methoxy groups -OCH3 is 1. The van der Waals surface area contributed by atoms with Crippen LogP contribution in [0, 0.1) is 0 Å². The third kappa shape index (κ3) is 3.85. The molecular formula is C24H23N5O3. The predicted molar refractivity (Wildman–Crippen MR) is 128 cm³/mol. The number of anilines is 4. The van der Waals surface area contributed by atoms with E-state index in [2.05, 4.69) is 26.0 Å². The van der Waals surface area contributed by atoms with E-state index in [4.69, 9.17) is 4.98 Å². The van der Waals surface area contributed by atoms with Gasteiger partial charge in [-0.2, -0.15) is 0 Å². The lowest BCUT2D eigenvalue weighted by Crippen LogP contribution is -2.18. The highest BCUT2D eigenvalue weighted by Gasteiger charge is 2.16. The van der Waals surface area contributed by atoms with Crippen LogP contribution < -0.4 is 21.3 Å². The highest BCUT2D eigenvalue weighted by Crippen LogP contribution is 2.37. The van der Waals surface area contributed by atoms with Crippen molar-refractivity contribution >= 4 is 56.6 Å². The van der Waals surface area contributed by atoms with E-state index in [1.807, 2.05) is 42.5 Å². The van der Waals surface area contributed by atoms with Crippen molar-refractivity contribution in [1.29, 1.82) is 0 Å². The molecule has 4 rings (SSSR count). The van der Waals surface area contributed by atoms with Crippen LogP contribution in [0.4, 0.5) is 27.5 Å². The lowest BCUT2D eigenvalue weighted by Gasteiger charge is -2.18. The maximum atomic E-state index is 12.5. The Kier molecular flexibility index (Phi) is 5.76. The zero-order chi connectivity index (χ0) is 22.7. The number of aromatic nitrogens is 1. The number of hydrogen-bond donors (Lipinski definition) is 4. The summed E-state index contributed by atoms with van der Waals surface area (Å²) in [5.74, 6) is -0.196. The van der Waals surface area contributed by atoms with E-state index in [-0.39, 0.29) is 5.91 Å². The van der Waals surface area contributed by atoms with Crippen LogP contribution in [0.1, 0.15) is 10.4 Å². The van der Waals surface area contributed by atoms with Gasteiger partial charge in [-0.25, -0.2) is 9.78 Å². The summed E-state index contributed by atoms with van der Waals surface area (Å²) < 4.78 is 4.66. The van der Waals surface area contributed by atoms with Crippen LogP contribution >= 0.6 is 0 Å². The number of rotatable bonds is 5. The number of carbonyl (C=O) groups excluding carboxylic acids is 2. The lowest BCUT2D eigenvalue weighted by atomic mass is 10.0. The first-order valence-corrected chi connectivity index (χ1v) is 10.0. The number of ether oxygens (including phenoxy) is 1. The summed E-state index contributed by atoms with van der Waals surface area (Å²) in [6.45, 7) is 0. The zero-order valence-electron chi connectivity index (χ0n) is 17.9. The highest BCUT2D eigenvalue weighted by atomic mass is 16.5. The van der Waals surface area contributed by atoms with Crippen molar-refractivity contribution in [2.24, 2.45) is 0 Å². The molecular weight excluding hydrogens is 406 g/mol. The summed E-state index contributed by atoms with van der Waals surface area (Å²) >= 11 is 0. The molecule has 32 heavy (non-hydrogen) atoms. The van der Waals surface area contributed by atoms with E-state index in [0.717, 1.165) is 33.4 Å². The van der Waals surface area contributed by atoms with Gasteiger partial charge in [0, 0.05) is 30.6 Å². The Morgan fingerprint density at radius 1 is 0.906 bits per heavy atom. The van der Waals surface area contributed by atoms with Gasteiger partial charge in [0.2, 0.25) is 0 Å². The van der Waals surface area contributed by atoms with Crippen LogP contribution in [0.5, 0.6) is 0 Å². The Morgan fingerprint density at radius 2 is 1.69 bits per heavy atom. The minimum absolute atomic E-state index is 0.196. The van der Waals surface area contributed by atoms with Crippen LogP contribution in [-0.2, 0) is 4.74 Å². The fraction of sp³-hybridized carbons (Fsp3) is 0.125. The minimum atomic E-state index is -0.541. The van der Waals surface area contributed by atoms with Gasteiger partial charge in [-0.05, 0) is 30.3 Å². The molecule has 0 atom stereocenters. The first kappa shape index (κ1) is 20.9. The Labute approximate surface area is 185 Å². The summed E-state index contributed by atoms with van der Waals surface area (Å²) in [5, 5.41) is 13.7. The maximum Gasteiger partial charge on any atom is 0.411 e. The summed E-state index contributed by atoms with van der Waals surface area (Å²) in [4.78, 5) is 28.8. The van der Waals surface area contributed by atoms with Crippen molar-refractivity contribution in [2.45, 2.75) is 0 Å². The average Bonchev–Trinajstić information content (AvgIpc) is 2.83. The molecule has 0 aliphatic carbocycles. The van der Waals surface area contributed by atoms with E-state index in [1.165, 1.54) is 7.11 Å². The fourth-order valence-electron chi connectivity index (χ4n) is 3.61. The molecule has 162 valence electrons. The molecule has 3 aromatic carbocycles. The molecule has 4 aromatic rings. The van der Waals surface area contributed by atoms with E-state index >= 15 is 0 Å². The molecule has 0 fully saturated rings. The van der Waals surface area contributed by atoms with Crippen LogP contribution in [0.2, 0.25) is 0 Å². The monoisotopic (exact) mass is 429 g/mol. The average molecular weight is 429 g/mol. The van der Waals surface area contributed by atoms with Crippen molar-refractivity contribution in [3.8, 4) is 0 Å². The second-order valence-electron chi connectivity index (χ2n) is 7.04. The number of nitrogens with one attached hydrogen (secondary N) is 4. The second kappa shape index (κ2) is 8.81. The van der Waals surface area contributed by atoms with Gasteiger partial charge in [-0.1, -0.05) is 30.3 Å². The van der Waals surface area contributed by atoms with Crippen molar-refractivity contribution in [3.63, 3.8) is 0 Å². The van der Waals surface area contributed by atoms with E-state index in [9.17, 15) is 9.59 Å². The Bertz CT molecular complexity index is 1340. The van der Waals surface area contributed by atoms with Gasteiger partial charge in [-0.3, -0.25) is 10.1 Å². The zero-order valence-corrected chi connectivity index (χ0v) is 17.9. The van der Waals surface area contributed by atoms with Crippen LogP contribution in [0.15, 0.2) is 60.7 Å². The molecule has 0 saturated carbocycles. The largest absolute Gasteiger partial charge is 0.453 e. The van der Waals surface area contributed by atoms with Gasteiger partial charge in [0.25, 0.3) is 5.91 Å². The third-order valence-electron chi connectivity index (χ3n) is 5.16. The standard InChI is InChI=1S/C24H23N5O3/c1-25-20-13-14(27-24(31)32-3)11-12-19(20)29-21-15-7-4-5-10-18(15)28-22-16(21)8-6-9-17(22)23(30)26-2/h4-13,25H,1-3H3,(H,26,30)(H,27,31)(H,28,29). The Hall–Kier alpha value is -4.33. The number of fused-ring (bicyclic) bond motifs is 2. The smallest absolute Gasteiger partial charge is 0.411 e. The molecule has 4 N–H and O–H groups in total. The van der Waals surface area contributed by atoms with Gasteiger partial charge in [-0.15, -0.1) is 0 Å².